The molecule has 0 aliphatic rings. The van der Waals surface area contributed by atoms with Crippen LogP contribution in [-0.2, 0) is 10.0 Å². The molecule has 0 spiro atoms. The summed E-state index contributed by atoms with van der Waals surface area (Å²) in [7, 11) is -2.66. The number of hydrogen-bond donors (Lipinski definition) is 2. The molecule has 2 rings (SSSR count). The summed E-state index contributed by atoms with van der Waals surface area (Å²) in [5.74, 6) is -0.345. The predicted molar refractivity (Wildman–Crippen MR) is 91.5 cm³/mol. The molecule has 0 fully saturated rings. The van der Waals surface area contributed by atoms with Gasteiger partial charge in [-0.1, -0.05) is 0 Å². The molecule has 1 amide bonds. The monoisotopic (exact) mass is 432 g/mol. The summed E-state index contributed by atoms with van der Waals surface area (Å²) in [5, 5.41) is 7.81. The number of sulfonamides is 1. The van der Waals surface area contributed by atoms with E-state index in [1.165, 1.54) is 25.3 Å². The average Bonchev–Trinajstić information content (AvgIpc) is 2.48. The minimum Gasteiger partial charge on any atom is -0.495 e. The fourth-order valence-electron chi connectivity index (χ4n) is 1.78. The van der Waals surface area contributed by atoms with Crippen molar-refractivity contribution < 1.29 is 17.9 Å². The van der Waals surface area contributed by atoms with Crippen molar-refractivity contribution in [1.82, 2.24) is 0 Å². The number of ether oxygens (including phenoxy) is 1. The lowest BCUT2D eigenvalue weighted by molar-refractivity contribution is 0.102. The number of benzene rings is 2. The van der Waals surface area contributed by atoms with Gasteiger partial charge in [0.05, 0.1) is 7.11 Å². The first-order valence-electron chi connectivity index (χ1n) is 6.09. The van der Waals surface area contributed by atoms with Crippen molar-refractivity contribution in [3.05, 3.63) is 51.6 Å². The van der Waals surface area contributed by atoms with Gasteiger partial charge in [0, 0.05) is 14.8 Å². The SMILES string of the molecule is COc1ccc(C(=O)Nc2ccc(I)cc2)cc1S(N)(=O)=O. The van der Waals surface area contributed by atoms with Gasteiger partial charge in [0.15, 0.2) is 0 Å². The Morgan fingerprint density at radius 1 is 1.18 bits per heavy atom. The molecule has 8 heteroatoms. The average molecular weight is 432 g/mol. The van der Waals surface area contributed by atoms with Crippen LogP contribution in [-0.4, -0.2) is 21.4 Å². The van der Waals surface area contributed by atoms with E-state index in [9.17, 15) is 13.2 Å². The van der Waals surface area contributed by atoms with Crippen LogP contribution in [0.15, 0.2) is 47.4 Å². The number of hydrogen-bond acceptors (Lipinski definition) is 4. The fourth-order valence-corrected chi connectivity index (χ4v) is 2.86. The van der Waals surface area contributed by atoms with E-state index in [4.69, 9.17) is 9.88 Å². The third kappa shape index (κ3) is 3.96. The Kier molecular flexibility index (Phi) is 5.04. The van der Waals surface area contributed by atoms with Crippen LogP contribution >= 0.6 is 22.6 Å². The van der Waals surface area contributed by atoms with Crippen LogP contribution in [0.25, 0.3) is 0 Å². The Bertz CT molecular complexity index is 804. The first-order chi connectivity index (χ1) is 10.3. The number of amides is 1. The van der Waals surface area contributed by atoms with E-state index < -0.39 is 15.9 Å². The maximum Gasteiger partial charge on any atom is 0.255 e. The molecule has 6 nitrogen and oxygen atoms in total. The van der Waals surface area contributed by atoms with Crippen molar-refractivity contribution in [3.8, 4) is 5.75 Å². The van der Waals surface area contributed by atoms with Gasteiger partial charge in [-0.25, -0.2) is 13.6 Å². The van der Waals surface area contributed by atoms with Crippen LogP contribution in [0.2, 0.25) is 0 Å². The topological polar surface area (TPSA) is 98.5 Å². The molecular weight excluding hydrogens is 419 g/mol. The lowest BCUT2D eigenvalue weighted by Crippen LogP contribution is -2.16. The van der Waals surface area contributed by atoms with Crippen molar-refractivity contribution in [2.24, 2.45) is 5.14 Å². The third-order valence-electron chi connectivity index (χ3n) is 2.83. The minimum atomic E-state index is -3.99. The molecule has 0 aliphatic heterocycles. The summed E-state index contributed by atoms with van der Waals surface area (Å²) in [5.41, 5.74) is 0.779. The van der Waals surface area contributed by atoms with E-state index in [0.717, 1.165) is 3.57 Å². The van der Waals surface area contributed by atoms with Crippen LogP contribution in [0.3, 0.4) is 0 Å². The second-order valence-electron chi connectivity index (χ2n) is 4.37. The highest BCUT2D eigenvalue weighted by molar-refractivity contribution is 14.1. The smallest absolute Gasteiger partial charge is 0.255 e. The van der Waals surface area contributed by atoms with Gasteiger partial charge >= 0.3 is 0 Å². The largest absolute Gasteiger partial charge is 0.495 e. The summed E-state index contributed by atoms with van der Waals surface area (Å²) >= 11 is 2.16. The number of carbonyl (C=O) groups is 1. The molecule has 0 unspecified atom stereocenters. The van der Waals surface area contributed by atoms with Crippen molar-refractivity contribution in [3.63, 3.8) is 0 Å². The molecule has 3 N–H and O–H groups in total. The molecule has 0 saturated carbocycles. The Morgan fingerprint density at radius 2 is 1.82 bits per heavy atom. The van der Waals surface area contributed by atoms with E-state index in [1.807, 2.05) is 12.1 Å². The van der Waals surface area contributed by atoms with E-state index >= 15 is 0 Å². The zero-order valence-corrected chi connectivity index (χ0v) is 14.5. The van der Waals surface area contributed by atoms with Gasteiger partial charge in [-0.3, -0.25) is 4.79 Å². The van der Waals surface area contributed by atoms with E-state index in [0.29, 0.717) is 5.69 Å². The summed E-state index contributed by atoms with van der Waals surface area (Å²) in [6.45, 7) is 0. The number of primary sulfonamides is 1. The summed E-state index contributed by atoms with van der Waals surface area (Å²) in [6, 6.07) is 11.3. The van der Waals surface area contributed by atoms with Gasteiger partial charge in [-0.05, 0) is 65.1 Å². The number of rotatable bonds is 4. The standard InChI is InChI=1S/C14H13IN2O4S/c1-21-12-7-2-9(8-13(12)22(16,19)20)14(18)17-11-5-3-10(15)4-6-11/h2-8H,1H3,(H,17,18)(H2,16,19,20). The molecule has 0 aromatic heterocycles. The van der Waals surface area contributed by atoms with Gasteiger partial charge in [0.1, 0.15) is 10.6 Å². The van der Waals surface area contributed by atoms with E-state index in [1.54, 1.807) is 12.1 Å². The van der Waals surface area contributed by atoms with Gasteiger partial charge in [0.2, 0.25) is 10.0 Å². The van der Waals surface area contributed by atoms with Gasteiger partial charge in [0.25, 0.3) is 5.91 Å². The molecule has 116 valence electrons. The van der Waals surface area contributed by atoms with Crippen LogP contribution < -0.4 is 15.2 Å². The maximum atomic E-state index is 12.2. The molecule has 0 saturated heterocycles. The van der Waals surface area contributed by atoms with Crippen molar-refractivity contribution in [2.75, 3.05) is 12.4 Å². The zero-order chi connectivity index (χ0) is 16.3. The highest BCUT2D eigenvalue weighted by Gasteiger charge is 2.18. The Labute approximate surface area is 141 Å². The molecule has 0 aliphatic carbocycles. The molecule has 0 atom stereocenters. The minimum absolute atomic E-state index is 0.0910. The molecule has 0 heterocycles. The second kappa shape index (κ2) is 6.63. The molecule has 0 radical (unpaired) electrons. The second-order valence-corrected chi connectivity index (χ2v) is 7.15. The predicted octanol–water partition coefficient (Wildman–Crippen LogP) is 2.20. The summed E-state index contributed by atoms with van der Waals surface area (Å²) < 4.78 is 29.1. The van der Waals surface area contributed by atoms with Gasteiger partial charge in [-0.15, -0.1) is 0 Å². The van der Waals surface area contributed by atoms with E-state index in [2.05, 4.69) is 27.9 Å². The van der Waals surface area contributed by atoms with Crippen LogP contribution in [0.4, 0.5) is 5.69 Å². The fraction of sp³-hybridized carbons (Fsp3) is 0.0714. The number of nitrogens with one attached hydrogen (secondary N) is 1. The van der Waals surface area contributed by atoms with Crippen molar-refractivity contribution in [2.45, 2.75) is 4.90 Å². The lowest BCUT2D eigenvalue weighted by Gasteiger charge is -2.10. The Balaban J connectivity index is 2.32. The van der Waals surface area contributed by atoms with Crippen LogP contribution in [0, 0.1) is 3.57 Å². The molecule has 0 bridgehead atoms. The number of halogens is 1. The highest BCUT2D eigenvalue weighted by Crippen LogP contribution is 2.24. The lowest BCUT2D eigenvalue weighted by atomic mass is 10.2. The zero-order valence-electron chi connectivity index (χ0n) is 11.5. The first-order valence-corrected chi connectivity index (χ1v) is 8.71. The number of anilines is 1. The Hall–Kier alpha value is -1.65. The number of carbonyl (C=O) groups excluding carboxylic acids is 1. The first kappa shape index (κ1) is 16.7. The molecule has 2 aromatic rings. The molecule has 22 heavy (non-hydrogen) atoms. The highest BCUT2D eigenvalue weighted by atomic mass is 127. The number of nitrogens with two attached hydrogens (primary N) is 1. The van der Waals surface area contributed by atoms with E-state index in [-0.39, 0.29) is 16.2 Å². The maximum absolute atomic E-state index is 12.2. The van der Waals surface area contributed by atoms with Crippen molar-refractivity contribution in [1.29, 1.82) is 0 Å². The summed E-state index contributed by atoms with van der Waals surface area (Å²) in [6.07, 6.45) is 0. The third-order valence-corrected chi connectivity index (χ3v) is 4.49. The van der Waals surface area contributed by atoms with Gasteiger partial charge < -0.3 is 10.1 Å². The van der Waals surface area contributed by atoms with Crippen LogP contribution in [0.5, 0.6) is 5.75 Å². The van der Waals surface area contributed by atoms with Crippen LogP contribution in [0.1, 0.15) is 10.4 Å². The Morgan fingerprint density at radius 3 is 2.36 bits per heavy atom. The molecule has 2 aromatic carbocycles. The quantitative estimate of drug-likeness (QED) is 0.724. The normalized spacial score (nSPS) is 11.0. The van der Waals surface area contributed by atoms with Crippen molar-refractivity contribution >= 4 is 44.2 Å². The summed E-state index contributed by atoms with van der Waals surface area (Å²) in [4.78, 5) is 12.0. The number of methoxy groups -OCH3 is 1. The molecular formula is C14H13IN2O4S. The van der Waals surface area contributed by atoms with Gasteiger partial charge in [-0.2, -0.15) is 0 Å².